The summed E-state index contributed by atoms with van der Waals surface area (Å²) in [5, 5.41) is 3.25. The van der Waals surface area contributed by atoms with Gasteiger partial charge in [-0.3, -0.25) is 0 Å². The summed E-state index contributed by atoms with van der Waals surface area (Å²) in [5.74, 6) is 0. The number of hydrogen-bond donors (Lipinski definition) is 1. The summed E-state index contributed by atoms with van der Waals surface area (Å²) in [5.41, 5.74) is 0. The summed E-state index contributed by atoms with van der Waals surface area (Å²) in [4.78, 5) is 1.11. The molecule has 1 aliphatic rings. The Morgan fingerprint density at radius 2 is 1.94 bits per heavy atom. The van der Waals surface area contributed by atoms with Crippen LogP contribution in [0.5, 0.6) is 0 Å². The Bertz CT molecular complexity index is 500. The van der Waals surface area contributed by atoms with E-state index in [-0.39, 0.29) is 12.1 Å². The van der Waals surface area contributed by atoms with Gasteiger partial charge in [-0.2, -0.15) is 4.31 Å². The average molecular weight is 288 g/mol. The number of hydrogen-bond acceptors (Lipinski definition) is 4. The van der Waals surface area contributed by atoms with E-state index >= 15 is 0 Å². The summed E-state index contributed by atoms with van der Waals surface area (Å²) in [7, 11) is -3.34. The molecule has 102 valence electrons. The molecule has 1 aromatic rings. The van der Waals surface area contributed by atoms with Gasteiger partial charge < -0.3 is 5.32 Å². The van der Waals surface area contributed by atoms with Crippen molar-refractivity contribution in [3.63, 3.8) is 0 Å². The summed E-state index contributed by atoms with van der Waals surface area (Å²) in [6, 6.07) is 3.66. The first-order valence-corrected chi connectivity index (χ1v) is 8.55. The van der Waals surface area contributed by atoms with Crippen molar-refractivity contribution in [2.24, 2.45) is 0 Å². The van der Waals surface area contributed by atoms with Crippen molar-refractivity contribution in [3.05, 3.63) is 17.0 Å². The van der Waals surface area contributed by atoms with E-state index in [1.54, 1.807) is 10.4 Å². The van der Waals surface area contributed by atoms with Crippen LogP contribution in [0.2, 0.25) is 0 Å². The monoisotopic (exact) mass is 288 g/mol. The molecule has 0 bridgehead atoms. The summed E-state index contributed by atoms with van der Waals surface area (Å²) >= 11 is 1.39. The largest absolute Gasteiger partial charge is 0.314 e. The fraction of sp³-hybridized carbons (Fsp3) is 0.667. The van der Waals surface area contributed by atoms with Gasteiger partial charge in [0, 0.05) is 30.1 Å². The van der Waals surface area contributed by atoms with E-state index in [1.807, 2.05) is 26.8 Å². The fourth-order valence-electron chi connectivity index (χ4n) is 2.38. The van der Waals surface area contributed by atoms with Crippen LogP contribution in [0.25, 0.3) is 0 Å². The number of aryl methyl sites for hydroxylation is 1. The summed E-state index contributed by atoms with van der Waals surface area (Å²) in [6.07, 6.45) is 0.882. The smallest absolute Gasteiger partial charge is 0.253 e. The molecule has 0 radical (unpaired) electrons. The molecule has 1 aromatic heterocycles. The van der Waals surface area contributed by atoms with Gasteiger partial charge in [0.25, 0.3) is 10.0 Å². The molecule has 1 fully saturated rings. The van der Waals surface area contributed by atoms with Crippen LogP contribution in [0, 0.1) is 0 Å². The number of sulfonamides is 1. The molecule has 0 aromatic carbocycles. The quantitative estimate of drug-likeness (QED) is 0.920. The van der Waals surface area contributed by atoms with Crippen LogP contribution in [-0.4, -0.2) is 37.9 Å². The molecule has 2 atom stereocenters. The number of nitrogens with zero attached hydrogens (tertiary/aromatic N) is 1. The first-order valence-electron chi connectivity index (χ1n) is 6.29. The van der Waals surface area contributed by atoms with Crippen LogP contribution < -0.4 is 5.32 Å². The van der Waals surface area contributed by atoms with Crippen LogP contribution in [-0.2, 0) is 16.4 Å². The molecule has 0 amide bonds. The lowest BCUT2D eigenvalue weighted by atomic mass is 10.2. The highest BCUT2D eigenvalue weighted by Gasteiger charge is 2.36. The third-order valence-electron chi connectivity index (χ3n) is 3.27. The predicted molar refractivity (Wildman–Crippen MR) is 74.5 cm³/mol. The van der Waals surface area contributed by atoms with Crippen LogP contribution in [0.1, 0.15) is 25.6 Å². The second kappa shape index (κ2) is 5.28. The number of piperazine rings is 1. The molecule has 6 heteroatoms. The highest BCUT2D eigenvalue weighted by Crippen LogP contribution is 2.28. The molecule has 0 saturated carbocycles. The molecule has 0 spiro atoms. The maximum atomic E-state index is 12.6. The Morgan fingerprint density at radius 1 is 1.33 bits per heavy atom. The zero-order valence-corrected chi connectivity index (χ0v) is 12.6. The summed E-state index contributed by atoms with van der Waals surface area (Å²) < 4.78 is 27.4. The first-order chi connectivity index (χ1) is 8.46. The molecule has 1 aliphatic heterocycles. The Hall–Kier alpha value is -0.430. The Balaban J connectivity index is 2.34. The lowest BCUT2D eigenvalue weighted by Gasteiger charge is -2.37. The second-order valence-corrected chi connectivity index (χ2v) is 8.00. The zero-order chi connectivity index (χ0) is 13.3. The van der Waals surface area contributed by atoms with Gasteiger partial charge in [-0.05, 0) is 32.4 Å². The highest BCUT2D eigenvalue weighted by molar-refractivity contribution is 7.91. The lowest BCUT2D eigenvalue weighted by Crippen LogP contribution is -2.56. The van der Waals surface area contributed by atoms with Gasteiger partial charge in [-0.1, -0.05) is 6.92 Å². The zero-order valence-electron chi connectivity index (χ0n) is 11.0. The van der Waals surface area contributed by atoms with E-state index in [0.717, 1.165) is 24.4 Å². The maximum absolute atomic E-state index is 12.6. The third kappa shape index (κ3) is 2.47. The minimum atomic E-state index is -3.34. The minimum absolute atomic E-state index is 0.00549. The molecular weight excluding hydrogens is 268 g/mol. The molecule has 0 aliphatic carbocycles. The van der Waals surface area contributed by atoms with E-state index in [9.17, 15) is 8.42 Å². The minimum Gasteiger partial charge on any atom is -0.314 e. The van der Waals surface area contributed by atoms with E-state index in [2.05, 4.69) is 5.32 Å². The van der Waals surface area contributed by atoms with Gasteiger partial charge in [0.2, 0.25) is 0 Å². The van der Waals surface area contributed by atoms with Crippen LogP contribution in [0.15, 0.2) is 16.3 Å². The molecule has 2 heterocycles. The number of thiophene rings is 1. The Labute approximate surface area is 113 Å². The lowest BCUT2D eigenvalue weighted by molar-refractivity contribution is 0.220. The second-order valence-electron chi connectivity index (χ2n) is 4.77. The highest BCUT2D eigenvalue weighted by atomic mass is 32.2. The van der Waals surface area contributed by atoms with Crippen molar-refractivity contribution >= 4 is 21.4 Å². The fourth-order valence-corrected chi connectivity index (χ4v) is 5.60. The Kier molecular flexibility index (Phi) is 4.11. The SMILES string of the molecule is CCc1ccc(S(=O)(=O)N2C(C)CNCC2C)s1. The predicted octanol–water partition coefficient (Wildman–Crippen LogP) is 1.68. The van der Waals surface area contributed by atoms with Gasteiger partial charge in [0.1, 0.15) is 4.21 Å². The van der Waals surface area contributed by atoms with Crippen LogP contribution in [0.3, 0.4) is 0 Å². The normalized spacial score (nSPS) is 26.4. The van der Waals surface area contributed by atoms with Gasteiger partial charge in [-0.25, -0.2) is 8.42 Å². The van der Waals surface area contributed by atoms with Gasteiger partial charge >= 0.3 is 0 Å². The summed E-state index contributed by atoms with van der Waals surface area (Å²) in [6.45, 7) is 7.38. The Morgan fingerprint density at radius 3 is 2.44 bits per heavy atom. The van der Waals surface area contributed by atoms with Crippen molar-refractivity contribution in [1.29, 1.82) is 0 Å². The number of nitrogens with one attached hydrogen (secondary N) is 1. The van der Waals surface area contributed by atoms with Crippen LogP contribution >= 0.6 is 11.3 Å². The molecule has 2 unspecified atom stereocenters. The standard InChI is InChI=1S/C12H20N2O2S2/c1-4-11-5-6-12(17-11)18(15,16)14-9(2)7-13-8-10(14)3/h5-6,9-10,13H,4,7-8H2,1-3H3. The molecule has 18 heavy (non-hydrogen) atoms. The molecular formula is C12H20N2O2S2. The van der Waals surface area contributed by atoms with E-state index < -0.39 is 10.0 Å². The van der Waals surface area contributed by atoms with Gasteiger partial charge in [0.05, 0.1) is 0 Å². The van der Waals surface area contributed by atoms with Crippen molar-refractivity contribution in [1.82, 2.24) is 9.62 Å². The van der Waals surface area contributed by atoms with E-state index in [0.29, 0.717) is 4.21 Å². The van der Waals surface area contributed by atoms with E-state index in [1.165, 1.54) is 11.3 Å². The van der Waals surface area contributed by atoms with Crippen molar-refractivity contribution in [3.8, 4) is 0 Å². The third-order valence-corrected chi connectivity index (χ3v) is 7.09. The molecule has 4 nitrogen and oxygen atoms in total. The maximum Gasteiger partial charge on any atom is 0.253 e. The van der Waals surface area contributed by atoms with Crippen molar-refractivity contribution < 1.29 is 8.42 Å². The van der Waals surface area contributed by atoms with Crippen molar-refractivity contribution in [2.45, 2.75) is 43.5 Å². The topological polar surface area (TPSA) is 49.4 Å². The van der Waals surface area contributed by atoms with Gasteiger partial charge in [-0.15, -0.1) is 11.3 Å². The van der Waals surface area contributed by atoms with Crippen molar-refractivity contribution in [2.75, 3.05) is 13.1 Å². The first kappa shape index (κ1) is 14.0. The van der Waals surface area contributed by atoms with Crippen LogP contribution in [0.4, 0.5) is 0 Å². The molecule has 1 saturated heterocycles. The molecule has 2 rings (SSSR count). The van der Waals surface area contributed by atoms with Gasteiger partial charge in [0.15, 0.2) is 0 Å². The molecule has 1 N–H and O–H groups in total. The van der Waals surface area contributed by atoms with E-state index in [4.69, 9.17) is 0 Å². The number of rotatable bonds is 3. The average Bonchev–Trinajstić information content (AvgIpc) is 2.77.